The van der Waals surface area contributed by atoms with Crippen molar-refractivity contribution in [3.63, 3.8) is 0 Å². The van der Waals surface area contributed by atoms with Gasteiger partial charge in [0.25, 0.3) is 0 Å². The highest BCUT2D eigenvalue weighted by atomic mass is 35.5. The first-order valence-electron chi connectivity index (χ1n) is 8.33. The highest BCUT2D eigenvalue weighted by molar-refractivity contribution is 7.99. The average Bonchev–Trinajstić information content (AvgIpc) is 2.59. The molecule has 0 aliphatic rings. The molecular formula is C19H23ClN2O3S2. The first kappa shape index (κ1) is 21.8. The van der Waals surface area contributed by atoms with E-state index in [4.69, 9.17) is 11.6 Å². The van der Waals surface area contributed by atoms with Crippen LogP contribution in [-0.2, 0) is 14.8 Å². The van der Waals surface area contributed by atoms with E-state index in [2.05, 4.69) is 31.3 Å². The summed E-state index contributed by atoms with van der Waals surface area (Å²) in [6.07, 6.45) is 0.290. The third-order valence-electron chi connectivity index (χ3n) is 4.07. The lowest BCUT2D eigenvalue weighted by molar-refractivity contribution is -0.115. The van der Waals surface area contributed by atoms with Crippen LogP contribution in [0.4, 0.5) is 5.69 Å². The van der Waals surface area contributed by atoms with Crippen molar-refractivity contribution < 1.29 is 13.2 Å². The quantitative estimate of drug-likeness (QED) is 0.669. The van der Waals surface area contributed by atoms with Crippen LogP contribution in [0.3, 0.4) is 0 Å². The Hall–Kier alpha value is -1.54. The van der Waals surface area contributed by atoms with Gasteiger partial charge in [0.2, 0.25) is 15.9 Å². The highest BCUT2D eigenvalue weighted by Crippen LogP contribution is 2.27. The molecule has 0 spiro atoms. The molecule has 27 heavy (non-hydrogen) atoms. The Morgan fingerprint density at radius 3 is 2.44 bits per heavy atom. The van der Waals surface area contributed by atoms with Gasteiger partial charge < -0.3 is 5.32 Å². The number of carbonyl (C=O) groups is 1. The largest absolute Gasteiger partial charge is 0.325 e. The minimum atomic E-state index is -3.59. The van der Waals surface area contributed by atoms with Gasteiger partial charge in [-0.25, -0.2) is 12.7 Å². The van der Waals surface area contributed by atoms with E-state index in [0.717, 1.165) is 9.20 Å². The predicted octanol–water partition coefficient (Wildman–Crippen LogP) is 4.33. The van der Waals surface area contributed by atoms with Crippen LogP contribution in [0.1, 0.15) is 17.5 Å². The molecule has 0 unspecified atom stereocenters. The molecule has 0 bridgehead atoms. The fourth-order valence-corrected chi connectivity index (χ4v) is 4.29. The molecule has 2 aromatic carbocycles. The lowest BCUT2D eigenvalue weighted by Gasteiger charge is -2.14. The molecule has 0 heterocycles. The number of anilines is 1. The molecule has 0 saturated carbocycles. The minimum absolute atomic E-state index is 0.0803. The predicted molar refractivity (Wildman–Crippen MR) is 112 cm³/mol. The topological polar surface area (TPSA) is 66.5 Å². The maximum atomic E-state index is 12.2. The molecule has 8 heteroatoms. The number of halogens is 1. The van der Waals surface area contributed by atoms with Gasteiger partial charge in [0, 0.05) is 31.2 Å². The van der Waals surface area contributed by atoms with Crippen molar-refractivity contribution in [1.29, 1.82) is 0 Å². The molecule has 0 aromatic heterocycles. The van der Waals surface area contributed by atoms with Gasteiger partial charge in [0.05, 0.1) is 15.6 Å². The number of nitrogens with one attached hydrogen (secondary N) is 1. The zero-order chi connectivity index (χ0) is 20.2. The molecule has 1 N–H and O–H groups in total. The molecule has 146 valence electrons. The smallest absolute Gasteiger partial charge is 0.242 e. The van der Waals surface area contributed by atoms with Gasteiger partial charge in [-0.15, -0.1) is 11.8 Å². The molecule has 0 saturated heterocycles. The average molecular weight is 427 g/mol. The molecule has 0 atom stereocenters. The van der Waals surface area contributed by atoms with Gasteiger partial charge >= 0.3 is 0 Å². The fraction of sp³-hybridized carbons (Fsp3) is 0.316. The van der Waals surface area contributed by atoms with Crippen LogP contribution in [0.2, 0.25) is 5.02 Å². The number of thioether (sulfide) groups is 1. The molecule has 0 aliphatic carbocycles. The number of rotatable bonds is 7. The Labute approximate surface area is 170 Å². The van der Waals surface area contributed by atoms with E-state index in [0.29, 0.717) is 22.9 Å². The maximum Gasteiger partial charge on any atom is 0.242 e. The zero-order valence-corrected chi connectivity index (χ0v) is 18.1. The van der Waals surface area contributed by atoms with Crippen LogP contribution in [0.5, 0.6) is 0 Å². The molecule has 2 rings (SSSR count). The minimum Gasteiger partial charge on any atom is -0.325 e. The van der Waals surface area contributed by atoms with Gasteiger partial charge in [-0.2, -0.15) is 0 Å². The van der Waals surface area contributed by atoms with Gasteiger partial charge in [-0.05, 0) is 55.3 Å². The lowest BCUT2D eigenvalue weighted by Crippen LogP contribution is -2.22. The van der Waals surface area contributed by atoms with Crippen LogP contribution in [0.15, 0.2) is 46.2 Å². The molecule has 0 aliphatic heterocycles. The molecular weight excluding hydrogens is 404 g/mol. The van der Waals surface area contributed by atoms with Crippen LogP contribution in [-0.4, -0.2) is 38.5 Å². The summed E-state index contributed by atoms with van der Waals surface area (Å²) in [5.74, 6) is 0.398. The Morgan fingerprint density at radius 1 is 1.11 bits per heavy atom. The zero-order valence-electron chi connectivity index (χ0n) is 15.7. The van der Waals surface area contributed by atoms with E-state index in [-0.39, 0.29) is 10.8 Å². The molecule has 5 nitrogen and oxygen atoms in total. The number of hydrogen-bond donors (Lipinski definition) is 1. The fourth-order valence-electron chi connectivity index (χ4n) is 2.25. The van der Waals surface area contributed by atoms with Crippen molar-refractivity contribution in [2.24, 2.45) is 0 Å². The first-order chi connectivity index (χ1) is 12.6. The van der Waals surface area contributed by atoms with E-state index < -0.39 is 10.0 Å². The van der Waals surface area contributed by atoms with Crippen LogP contribution >= 0.6 is 23.4 Å². The maximum absolute atomic E-state index is 12.2. The molecule has 0 radical (unpaired) electrons. The van der Waals surface area contributed by atoms with E-state index in [1.54, 1.807) is 11.8 Å². The number of benzene rings is 2. The number of amides is 1. The summed E-state index contributed by atoms with van der Waals surface area (Å²) in [6, 6.07) is 10.5. The molecule has 2 aromatic rings. The van der Waals surface area contributed by atoms with E-state index >= 15 is 0 Å². The van der Waals surface area contributed by atoms with Crippen molar-refractivity contribution in [1.82, 2.24) is 4.31 Å². The van der Waals surface area contributed by atoms with Crippen molar-refractivity contribution in [3.8, 4) is 0 Å². The van der Waals surface area contributed by atoms with Crippen LogP contribution in [0.25, 0.3) is 0 Å². The third-order valence-corrected chi connectivity index (χ3v) is 7.20. The standard InChI is InChI=1S/C19H23ClN2O3S2/c1-13-5-6-15(11-14(13)2)26-10-9-19(23)21-18-12-16(7-8-17(18)20)27(24,25)22(3)4/h5-8,11-12H,9-10H2,1-4H3,(H,21,23). The summed E-state index contributed by atoms with van der Waals surface area (Å²) < 4.78 is 25.6. The van der Waals surface area contributed by atoms with E-state index in [1.165, 1.54) is 43.4 Å². The Bertz CT molecular complexity index is 944. The second-order valence-corrected chi connectivity index (χ2v) is 10.0. The lowest BCUT2D eigenvalue weighted by atomic mass is 10.1. The highest BCUT2D eigenvalue weighted by Gasteiger charge is 2.19. The van der Waals surface area contributed by atoms with Crippen LogP contribution < -0.4 is 5.32 Å². The Balaban J connectivity index is 2.00. The number of nitrogens with zero attached hydrogens (tertiary/aromatic N) is 1. The second-order valence-electron chi connectivity index (χ2n) is 6.32. The summed E-state index contributed by atoms with van der Waals surface area (Å²) >= 11 is 7.71. The van der Waals surface area contributed by atoms with Crippen molar-refractivity contribution in [2.75, 3.05) is 25.2 Å². The molecule has 0 fully saturated rings. The number of carbonyl (C=O) groups excluding carboxylic acids is 1. The first-order valence-corrected chi connectivity index (χ1v) is 11.1. The Kier molecular flexibility index (Phi) is 7.33. The van der Waals surface area contributed by atoms with Crippen molar-refractivity contribution >= 4 is 45.0 Å². The monoisotopic (exact) mass is 426 g/mol. The number of hydrogen-bond acceptors (Lipinski definition) is 4. The van der Waals surface area contributed by atoms with Crippen molar-refractivity contribution in [2.45, 2.75) is 30.1 Å². The Morgan fingerprint density at radius 2 is 1.81 bits per heavy atom. The van der Waals surface area contributed by atoms with E-state index in [1.807, 2.05) is 6.07 Å². The summed E-state index contributed by atoms with van der Waals surface area (Å²) in [4.78, 5) is 13.4. The van der Waals surface area contributed by atoms with Gasteiger partial charge in [-0.3, -0.25) is 4.79 Å². The van der Waals surface area contributed by atoms with Crippen molar-refractivity contribution in [3.05, 3.63) is 52.5 Å². The summed E-state index contributed by atoms with van der Waals surface area (Å²) in [5, 5.41) is 3.00. The summed E-state index contributed by atoms with van der Waals surface area (Å²) in [5.41, 5.74) is 2.75. The van der Waals surface area contributed by atoms with Crippen LogP contribution in [0, 0.1) is 13.8 Å². The van der Waals surface area contributed by atoms with Gasteiger partial charge in [0.1, 0.15) is 0 Å². The third kappa shape index (κ3) is 5.72. The van der Waals surface area contributed by atoms with Gasteiger partial charge in [0.15, 0.2) is 0 Å². The summed E-state index contributed by atoms with van der Waals surface area (Å²) in [6.45, 7) is 4.12. The normalized spacial score (nSPS) is 11.6. The van der Waals surface area contributed by atoms with Gasteiger partial charge in [-0.1, -0.05) is 17.7 Å². The molecule has 1 amide bonds. The number of sulfonamides is 1. The van der Waals surface area contributed by atoms with E-state index in [9.17, 15) is 13.2 Å². The summed E-state index contributed by atoms with van der Waals surface area (Å²) in [7, 11) is -0.692. The SMILES string of the molecule is Cc1ccc(SCCC(=O)Nc2cc(S(=O)(=O)N(C)C)ccc2Cl)cc1C. The number of aryl methyl sites for hydroxylation is 2. The second kappa shape index (κ2) is 9.10.